The molecule has 1 aromatic heterocycles. The molecule has 0 atom stereocenters. The maximum Gasteiger partial charge on any atom is 0.0938 e. The van der Waals surface area contributed by atoms with Gasteiger partial charge in [-0.1, -0.05) is 18.2 Å². The third-order valence-electron chi connectivity index (χ3n) is 3.54. The number of benzene rings is 1. The van der Waals surface area contributed by atoms with Crippen LogP contribution < -0.4 is 5.73 Å². The SMILES string of the molecule is Cc1cc(-c2ccc3c(c2)CCCC3)c(N)s1. The zero-order valence-corrected chi connectivity index (χ0v) is 10.9. The van der Waals surface area contributed by atoms with Gasteiger partial charge in [-0.05, 0) is 55.4 Å². The van der Waals surface area contributed by atoms with Crippen LogP contribution in [-0.4, -0.2) is 0 Å². The molecule has 2 N–H and O–H groups in total. The highest BCUT2D eigenvalue weighted by Crippen LogP contribution is 2.35. The fourth-order valence-electron chi connectivity index (χ4n) is 2.66. The maximum atomic E-state index is 6.07. The van der Waals surface area contributed by atoms with E-state index in [9.17, 15) is 0 Å². The van der Waals surface area contributed by atoms with Crippen LogP contribution in [0.25, 0.3) is 11.1 Å². The molecule has 0 aliphatic heterocycles. The van der Waals surface area contributed by atoms with Gasteiger partial charge in [0.1, 0.15) is 0 Å². The van der Waals surface area contributed by atoms with Gasteiger partial charge in [-0.2, -0.15) is 0 Å². The monoisotopic (exact) mass is 243 g/mol. The molecule has 0 unspecified atom stereocenters. The van der Waals surface area contributed by atoms with Crippen LogP contribution in [0, 0.1) is 6.92 Å². The highest BCUT2D eigenvalue weighted by Gasteiger charge is 2.12. The lowest BCUT2D eigenvalue weighted by molar-refractivity contribution is 0.686. The third kappa shape index (κ3) is 1.98. The Balaban J connectivity index is 2.06. The smallest absolute Gasteiger partial charge is 0.0938 e. The summed E-state index contributed by atoms with van der Waals surface area (Å²) in [6.45, 7) is 2.11. The van der Waals surface area contributed by atoms with E-state index in [1.165, 1.54) is 52.8 Å². The molecule has 0 spiro atoms. The van der Waals surface area contributed by atoms with Crippen LogP contribution in [0.4, 0.5) is 5.00 Å². The number of nitrogen functional groups attached to an aromatic ring is 1. The third-order valence-corrected chi connectivity index (χ3v) is 4.42. The average molecular weight is 243 g/mol. The number of fused-ring (bicyclic) bond motifs is 1. The summed E-state index contributed by atoms with van der Waals surface area (Å²) in [5.74, 6) is 0. The first kappa shape index (κ1) is 10.8. The second-order valence-electron chi connectivity index (χ2n) is 4.83. The first-order valence-electron chi connectivity index (χ1n) is 6.22. The average Bonchev–Trinajstić information content (AvgIpc) is 2.68. The fraction of sp³-hybridized carbons (Fsp3) is 0.333. The Kier molecular flexibility index (Phi) is 2.67. The number of hydrogen-bond acceptors (Lipinski definition) is 2. The Bertz CT molecular complexity index is 554. The summed E-state index contributed by atoms with van der Waals surface area (Å²) < 4.78 is 0. The zero-order valence-electron chi connectivity index (χ0n) is 10.1. The molecule has 2 aromatic rings. The van der Waals surface area contributed by atoms with Crippen LogP contribution in [0.5, 0.6) is 0 Å². The Morgan fingerprint density at radius 2 is 1.82 bits per heavy atom. The molecule has 1 nitrogen and oxygen atoms in total. The minimum Gasteiger partial charge on any atom is -0.390 e. The van der Waals surface area contributed by atoms with E-state index in [2.05, 4.69) is 31.2 Å². The first-order valence-corrected chi connectivity index (χ1v) is 7.04. The molecule has 0 radical (unpaired) electrons. The lowest BCUT2D eigenvalue weighted by atomic mass is 9.89. The van der Waals surface area contributed by atoms with Crippen LogP contribution >= 0.6 is 11.3 Å². The van der Waals surface area contributed by atoms with E-state index in [1.807, 2.05) is 0 Å². The summed E-state index contributed by atoms with van der Waals surface area (Å²) in [6, 6.07) is 9.05. The van der Waals surface area contributed by atoms with Gasteiger partial charge in [0, 0.05) is 10.4 Å². The van der Waals surface area contributed by atoms with Gasteiger partial charge in [-0.25, -0.2) is 0 Å². The molecule has 1 aliphatic rings. The lowest BCUT2D eigenvalue weighted by Gasteiger charge is -2.16. The molecule has 0 bridgehead atoms. The largest absolute Gasteiger partial charge is 0.390 e. The molecule has 1 heterocycles. The highest BCUT2D eigenvalue weighted by molar-refractivity contribution is 7.16. The number of hydrogen-bond donors (Lipinski definition) is 1. The van der Waals surface area contributed by atoms with Crippen molar-refractivity contribution >= 4 is 16.3 Å². The summed E-state index contributed by atoms with van der Waals surface area (Å²) in [5.41, 5.74) is 11.6. The van der Waals surface area contributed by atoms with Gasteiger partial charge in [0.15, 0.2) is 0 Å². The molecule has 0 fully saturated rings. The van der Waals surface area contributed by atoms with E-state index in [0.717, 1.165) is 5.00 Å². The van der Waals surface area contributed by atoms with Gasteiger partial charge < -0.3 is 5.73 Å². The van der Waals surface area contributed by atoms with E-state index < -0.39 is 0 Å². The first-order chi connectivity index (χ1) is 8.24. The Labute approximate surface area is 106 Å². The van der Waals surface area contributed by atoms with Crippen molar-refractivity contribution in [2.24, 2.45) is 0 Å². The van der Waals surface area contributed by atoms with Crippen molar-refractivity contribution in [3.8, 4) is 11.1 Å². The molecule has 1 aliphatic carbocycles. The molecule has 0 saturated heterocycles. The molecule has 1 aromatic carbocycles. The van der Waals surface area contributed by atoms with E-state index in [1.54, 1.807) is 11.3 Å². The number of rotatable bonds is 1. The molecule has 0 saturated carbocycles. The molecule has 3 rings (SSSR count). The molecule has 17 heavy (non-hydrogen) atoms. The van der Waals surface area contributed by atoms with Crippen LogP contribution in [0.2, 0.25) is 0 Å². The van der Waals surface area contributed by atoms with Crippen molar-refractivity contribution in [3.05, 3.63) is 40.3 Å². The van der Waals surface area contributed by atoms with Gasteiger partial charge in [-0.3, -0.25) is 0 Å². The van der Waals surface area contributed by atoms with Crippen molar-refractivity contribution < 1.29 is 0 Å². The molecule has 88 valence electrons. The zero-order chi connectivity index (χ0) is 11.8. The second kappa shape index (κ2) is 4.19. The summed E-state index contributed by atoms with van der Waals surface area (Å²) in [4.78, 5) is 1.29. The van der Waals surface area contributed by atoms with E-state index in [-0.39, 0.29) is 0 Å². The Morgan fingerprint density at radius 1 is 1.06 bits per heavy atom. The van der Waals surface area contributed by atoms with Gasteiger partial charge in [-0.15, -0.1) is 11.3 Å². The number of nitrogens with two attached hydrogens (primary N) is 1. The number of anilines is 1. The van der Waals surface area contributed by atoms with E-state index >= 15 is 0 Å². The second-order valence-corrected chi connectivity index (χ2v) is 6.11. The highest BCUT2D eigenvalue weighted by atomic mass is 32.1. The fourth-order valence-corrected chi connectivity index (χ4v) is 3.47. The van der Waals surface area contributed by atoms with Crippen LogP contribution in [0.3, 0.4) is 0 Å². The van der Waals surface area contributed by atoms with Crippen molar-refractivity contribution in [2.75, 3.05) is 5.73 Å². The van der Waals surface area contributed by atoms with Crippen LogP contribution in [-0.2, 0) is 12.8 Å². The van der Waals surface area contributed by atoms with Crippen LogP contribution in [0.1, 0.15) is 28.8 Å². The van der Waals surface area contributed by atoms with Gasteiger partial charge >= 0.3 is 0 Å². The molecule has 2 heteroatoms. The van der Waals surface area contributed by atoms with Crippen LogP contribution in [0.15, 0.2) is 24.3 Å². The quantitative estimate of drug-likeness (QED) is 0.798. The topological polar surface area (TPSA) is 26.0 Å². The predicted molar refractivity (Wildman–Crippen MR) is 75.5 cm³/mol. The standard InChI is InChI=1S/C15H17NS/c1-10-8-14(15(16)17-10)13-7-6-11-4-2-3-5-12(11)9-13/h6-9H,2-5,16H2,1H3. The lowest BCUT2D eigenvalue weighted by Crippen LogP contribution is -2.02. The van der Waals surface area contributed by atoms with Crippen molar-refractivity contribution in [1.82, 2.24) is 0 Å². The van der Waals surface area contributed by atoms with Gasteiger partial charge in [0.25, 0.3) is 0 Å². The van der Waals surface area contributed by atoms with Crippen molar-refractivity contribution in [1.29, 1.82) is 0 Å². The maximum absolute atomic E-state index is 6.07. The summed E-state index contributed by atoms with van der Waals surface area (Å²) in [6.07, 6.45) is 5.14. The predicted octanol–water partition coefficient (Wildman–Crippen LogP) is 4.18. The number of aryl methyl sites for hydroxylation is 3. The molecule has 0 amide bonds. The van der Waals surface area contributed by atoms with Gasteiger partial charge in [0.2, 0.25) is 0 Å². The summed E-state index contributed by atoms with van der Waals surface area (Å²) >= 11 is 1.68. The summed E-state index contributed by atoms with van der Waals surface area (Å²) in [7, 11) is 0. The Morgan fingerprint density at radius 3 is 2.53 bits per heavy atom. The minimum absolute atomic E-state index is 0.943. The molecular formula is C15H17NS. The Hall–Kier alpha value is -1.28. The van der Waals surface area contributed by atoms with Gasteiger partial charge in [0.05, 0.1) is 5.00 Å². The normalized spacial score (nSPS) is 14.6. The number of thiophene rings is 1. The van der Waals surface area contributed by atoms with Crippen molar-refractivity contribution in [2.45, 2.75) is 32.6 Å². The van der Waals surface area contributed by atoms with Crippen molar-refractivity contribution in [3.63, 3.8) is 0 Å². The van der Waals surface area contributed by atoms with E-state index in [0.29, 0.717) is 0 Å². The van der Waals surface area contributed by atoms with E-state index in [4.69, 9.17) is 5.73 Å². The molecular weight excluding hydrogens is 226 g/mol. The summed E-state index contributed by atoms with van der Waals surface area (Å²) in [5, 5.41) is 0.943. The minimum atomic E-state index is 0.943.